The van der Waals surface area contributed by atoms with E-state index in [1.165, 1.54) is 6.26 Å². The maximum absolute atomic E-state index is 12.8. The van der Waals surface area contributed by atoms with Crippen molar-refractivity contribution in [3.05, 3.63) is 59.0 Å². The van der Waals surface area contributed by atoms with Gasteiger partial charge >= 0.3 is 6.18 Å². The zero-order valence-corrected chi connectivity index (χ0v) is 15.1. The van der Waals surface area contributed by atoms with Crippen LogP contribution in [0.4, 0.5) is 13.2 Å². The van der Waals surface area contributed by atoms with E-state index in [-0.39, 0.29) is 19.1 Å². The van der Waals surface area contributed by atoms with Crippen LogP contribution in [0, 0.1) is 13.8 Å². The maximum atomic E-state index is 12.8. The summed E-state index contributed by atoms with van der Waals surface area (Å²) in [5, 5.41) is 3.02. The molecule has 142 valence electrons. The summed E-state index contributed by atoms with van der Waals surface area (Å²) in [7, 11) is 0. The van der Waals surface area contributed by atoms with Gasteiger partial charge in [-0.2, -0.15) is 13.2 Å². The maximum Gasteiger partial charge on any atom is 0.406 e. The SMILES string of the molecule is Cc1ccc(C)c(C(C)NCC(=O)N(Cc2ccco2)CC(F)(F)F)c1. The smallest absolute Gasteiger partial charge is 0.406 e. The standard InChI is InChI=1S/C19H23F3N2O2/c1-13-6-7-14(2)17(9-13)15(3)23-10-18(25)24(12-19(20,21)22)11-16-5-4-8-26-16/h4-9,15,23H,10-12H2,1-3H3. The van der Waals surface area contributed by atoms with Gasteiger partial charge in [0.15, 0.2) is 0 Å². The minimum Gasteiger partial charge on any atom is -0.467 e. The van der Waals surface area contributed by atoms with Gasteiger partial charge < -0.3 is 14.6 Å². The molecule has 0 saturated heterocycles. The molecule has 0 saturated carbocycles. The summed E-state index contributed by atoms with van der Waals surface area (Å²) < 4.78 is 43.5. The fourth-order valence-corrected chi connectivity index (χ4v) is 2.73. The minimum absolute atomic E-state index is 0.157. The van der Waals surface area contributed by atoms with Crippen LogP contribution in [0.3, 0.4) is 0 Å². The fourth-order valence-electron chi connectivity index (χ4n) is 2.73. The monoisotopic (exact) mass is 368 g/mol. The number of nitrogens with zero attached hydrogens (tertiary/aromatic N) is 1. The van der Waals surface area contributed by atoms with E-state index in [4.69, 9.17) is 4.42 Å². The lowest BCUT2D eigenvalue weighted by Gasteiger charge is -2.24. The average Bonchev–Trinajstić information content (AvgIpc) is 3.05. The van der Waals surface area contributed by atoms with Crippen LogP contribution in [0.25, 0.3) is 0 Å². The molecule has 1 atom stereocenters. The number of halogens is 3. The molecule has 1 N–H and O–H groups in total. The Kier molecular flexibility index (Phi) is 6.47. The van der Waals surface area contributed by atoms with Gasteiger partial charge in [0.2, 0.25) is 5.91 Å². The Morgan fingerprint density at radius 1 is 1.27 bits per heavy atom. The van der Waals surface area contributed by atoms with E-state index in [1.807, 2.05) is 39.0 Å². The first-order chi connectivity index (χ1) is 12.2. The summed E-state index contributed by atoms with van der Waals surface area (Å²) in [4.78, 5) is 13.1. The van der Waals surface area contributed by atoms with E-state index in [0.29, 0.717) is 5.76 Å². The molecule has 2 aromatic rings. The third-order valence-corrected chi connectivity index (χ3v) is 4.11. The quantitative estimate of drug-likeness (QED) is 0.799. The second-order valence-corrected chi connectivity index (χ2v) is 6.41. The van der Waals surface area contributed by atoms with Crippen molar-refractivity contribution in [1.29, 1.82) is 0 Å². The topological polar surface area (TPSA) is 45.5 Å². The van der Waals surface area contributed by atoms with Crippen LogP contribution >= 0.6 is 0 Å². The lowest BCUT2D eigenvalue weighted by Crippen LogP contribution is -2.43. The molecule has 2 rings (SSSR count). The number of carbonyl (C=O) groups excluding carboxylic acids is 1. The first-order valence-electron chi connectivity index (χ1n) is 8.33. The summed E-state index contributed by atoms with van der Waals surface area (Å²) in [6, 6.07) is 8.95. The van der Waals surface area contributed by atoms with Crippen LogP contribution in [0.2, 0.25) is 0 Å². The first kappa shape index (κ1) is 20.0. The van der Waals surface area contributed by atoms with Crippen molar-refractivity contribution in [3.8, 4) is 0 Å². The number of amides is 1. The van der Waals surface area contributed by atoms with Crippen molar-refractivity contribution in [2.75, 3.05) is 13.1 Å². The Labute approximate surface area is 151 Å². The molecule has 1 amide bonds. The van der Waals surface area contributed by atoms with Gasteiger partial charge in [0, 0.05) is 6.04 Å². The molecule has 0 bridgehead atoms. The summed E-state index contributed by atoms with van der Waals surface area (Å²) in [6.45, 7) is 4.09. The number of aryl methyl sites for hydroxylation is 2. The van der Waals surface area contributed by atoms with Crippen LogP contribution in [-0.4, -0.2) is 30.1 Å². The third kappa shape index (κ3) is 5.91. The lowest BCUT2D eigenvalue weighted by atomic mass is 10.00. The molecular weight excluding hydrogens is 345 g/mol. The highest BCUT2D eigenvalue weighted by atomic mass is 19.4. The number of nitrogens with one attached hydrogen (secondary N) is 1. The third-order valence-electron chi connectivity index (χ3n) is 4.11. The van der Waals surface area contributed by atoms with Crippen LogP contribution in [0.15, 0.2) is 41.0 Å². The summed E-state index contributed by atoms with van der Waals surface area (Å²) in [6.07, 6.45) is -3.10. The van der Waals surface area contributed by atoms with Gasteiger partial charge in [0.1, 0.15) is 12.3 Å². The van der Waals surface area contributed by atoms with Gasteiger partial charge in [-0.15, -0.1) is 0 Å². The van der Waals surface area contributed by atoms with E-state index in [1.54, 1.807) is 12.1 Å². The van der Waals surface area contributed by atoms with E-state index in [0.717, 1.165) is 21.6 Å². The molecule has 0 spiro atoms. The zero-order valence-electron chi connectivity index (χ0n) is 15.1. The number of carbonyl (C=O) groups is 1. The Morgan fingerprint density at radius 2 is 2.00 bits per heavy atom. The molecule has 1 aromatic carbocycles. The molecule has 26 heavy (non-hydrogen) atoms. The van der Waals surface area contributed by atoms with E-state index >= 15 is 0 Å². The molecule has 1 heterocycles. The second kappa shape index (κ2) is 8.40. The van der Waals surface area contributed by atoms with Crippen molar-refractivity contribution in [2.24, 2.45) is 0 Å². The Balaban J connectivity index is 2.02. The number of hydrogen-bond acceptors (Lipinski definition) is 3. The van der Waals surface area contributed by atoms with Gasteiger partial charge in [-0.25, -0.2) is 0 Å². The summed E-state index contributed by atoms with van der Waals surface area (Å²) >= 11 is 0. The molecule has 0 fully saturated rings. The molecule has 0 radical (unpaired) electrons. The predicted molar refractivity (Wildman–Crippen MR) is 92.5 cm³/mol. The Morgan fingerprint density at radius 3 is 2.62 bits per heavy atom. The zero-order chi connectivity index (χ0) is 19.3. The predicted octanol–water partition coefficient (Wildman–Crippen LogP) is 4.14. The van der Waals surface area contributed by atoms with Gasteiger partial charge in [0.25, 0.3) is 0 Å². The van der Waals surface area contributed by atoms with Crippen LogP contribution < -0.4 is 5.32 Å². The van der Waals surface area contributed by atoms with Crippen LogP contribution in [-0.2, 0) is 11.3 Å². The van der Waals surface area contributed by atoms with Crippen molar-refractivity contribution >= 4 is 5.91 Å². The van der Waals surface area contributed by atoms with Gasteiger partial charge in [-0.3, -0.25) is 4.79 Å². The molecule has 7 heteroatoms. The Hall–Kier alpha value is -2.28. The number of hydrogen-bond donors (Lipinski definition) is 1. The number of alkyl halides is 3. The van der Waals surface area contributed by atoms with Crippen molar-refractivity contribution in [2.45, 2.75) is 39.5 Å². The molecule has 0 aliphatic carbocycles. The van der Waals surface area contributed by atoms with Crippen LogP contribution in [0.5, 0.6) is 0 Å². The average molecular weight is 368 g/mol. The highest BCUT2D eigenvalue weighted by molar-refractivity contribution is 5.78. The first-order valence-corrected chi connectivity index (χ1v) is 8.33. The largest absolute Gasteiger partial charge is 0.467 e. The Bertz CT molecular complexity index is 727. The summed E-state index contributed by atoms with van der Waals surface area (Å²) in [5.74, 6) is -0.318. The van der Waals surface area contributed by atoms with Gasteiger partial charge in [-0.1, -0.05) is 23.8 Å². The minimum atomic E-state index is -4.47. The van der Waals surface area contributed by atoms with Crippen molar-refractivity contribution < 1.29 is 22.4 Å². The highest BCUT2D eigenvalue weighted by Gasteiger charge is 2.33. The number of furan rings is 1. The molecular formula is C19H23F3N2O2. The number of rotatable bonds is 7. The van der Waals surface area contributed by atoms with E-state index in [2.05, 4.69) is 5.32 Å². The lowest BCUT2D eigenvalue weighted by molar-refractivity contribution is -0.162. The summed E-state index contributed by atoms with van der Waals surface area (Å²) in [5.41, 5.74) is 3.17. The van der Waals surface area contributed by atoms with Gasteiger partial charge in [0.05, 0.1) is 19.4 Å². The fraction of sp³-hybridized carbons (Fsp3) is 0.421. The molecule has 0 aliphatic heterocycles. The number of benzene rings is 1. The normalized spacial score (nSPS) is 12.8. The van der Waals surface area contributed by atoms with Crippen molar-refractivity contribution in [3.63, 3.8) is 0 Å². The molecule has 0 aliphatic rings. The highest BCUT2D eigenvalue weighted by Crippen LogP contribution is 2.20. The van der Waals surface area contributed by atoms with E-state index < -0.39 is 18.6 Å². The van der Waals surface area contributed by atoms with Crippen molar-refractivity contribution in [1.82, 2.24) is 10.2 Å². The van der Waals surface area contributed by atoms with Crippen LogP contribution in [0.1, 0.15) is 35.4 Å². The molecule has 4 nitrogen and oxygen atoms in total. The second-order valence-electron chi connectivity index (χ2n) is 6.41. The molecule has 1 aromatic heterocycles. The van der Waals surface area contributed by atoms with E-state index in [9.17, 15) is 18.0 Å². The van der Waals surface area contributed by atoms with Gasteiger partial charge in [-0.05, 0) is 44.0 Å². The molecule has 1 unspecified atom stereocenters.